The first-order chi connectivity index (χ1) is 10.0. The van der Waals surface area contributed by atoms with Crippen LogP contribution in [0, 0.1) is 5.82 Å². The number of carbonyl (C=O) groups is 1. The van der Waals surface area contributed by atoms with Crippen molar-refractivity contribution in [1.82, 2.24) is 4.90 Å². The van der Waals surface area contributed by atoms with E-state index < -0.39 is 5.54 Å². The van der Waals surface area contributed by atoms with Gasteiger partial charge in [-0.1, -0.05) is 6.07 Å². The maximum Gasteiger partial charge on any atom is 0.242 e. The molecule has 116 valence electrons. The summed E-state index contributed by atoms with van der Waals surface area (Å²) in [4.78, 5) is 13.9. The van der Waals surface area contributed by atoms with Crippen molar-refractivity contribution in [3.63, 3.8) is 0 Å². The third kappa shape index (κ3) is 4.15. The highest BCUT2D eigenvalue weighted by Crippen LogP contribution is 2.20. The summed E-state index contributed by atoms with van der Waals surface area (Å²) in [5.74, 6) is -0.00179. The molecule has 2 N–H and O–H groups in total. The number of nitrogens with two attached hydrogens (primary N) is 1. The van der Waals surface area contributed by atoms with E-state index in [0.717, 1.165) is 0 Å². The van der Waals surface area contributed by atoms with E-state index in [0.29, 0.717) is 38.3 Å². The summed E-state index contributed by atoms with van der Waals surface area (Å²) in [5, 5.41) is 0. The third-order valence-corrected chi connectivity index (χ3v) is 3.65. The van der Waals surface area contributed by atoms with Crippen LogP contribution in [0.4, 0.5) is 4.39 Å². The minimum atomic E-state index is -0.841. The van der Waals surface area contributed by atoms with E-state index >= 15 is 0 Å². The number of carbonyl (C=O) groups excluding carboxylic acids is 1. The molecule has 1 aromatic rings. The van der Waals surface area contributed by atoms with Crippen molar-refractivity contribution in [2.45, 2.75) is 18.4 Å². The second-order valence-electron chi connectivity index (χ2n) is 5.30. The van der Waals surface area contributed by atoms with Crippen molar-refractivity contribution in [1.29, 1.82) is 0 Å². The Morgan fingerprint density at radius 3 is 2.86 bits per heavy atom. The predicted octanol–water partition coefficient (Wildman–Crippen LogP) is 1.17. The van der Waals surface area contributed by atoms with Crippen molar-refractivity contribution in [3.8, 4) is 5.75 Å². The monoisotopic (exact) mass is 296 g/mol. The van der Waals surface area contributed by atoms with E-state index in [1.165, 1.54) is 12.1 Å². The molecule has 0 radical (unpaired) electrons. The molecule has 0 bridgehead atoms. The van der Waals surface area contributed by atoms with E-state index in [4.69, 9.17) is 15.2 Å². The molecule has 21 heavy (non-hydrogen) atoms. The predicted molar refractivity (Wildman–Crippen MR) is 76.5 cm³/mol. The van der Waals surface area contributed by atoms with Crippen LogP contribution in [0.1, 0.15) is 12.8 Å². The highest BCUT2D eigenvalue weighted by Gasteiger charge is 2.37. The molecule has 0 aromatic heterocycles. The largest absolute Gasteiger partial charge is 0.492 e. The maximum absolute atomic E-state index is 13.0. The number of hydrogen-bond donors (Lipinski definition) is 1. The van der Waals surface area contributed by atoms with Crippen LogP contribution in [0.5, 0.6) is 5.75 Å². The molecule has 5 nitrogen and oxygen atoms in total. The second-order valence-corrected chi connectivity index (χ2v) is 5.30. The van der Waals surface area contributed by atoms with Crippen molar-refractivity contribution >= 4 is 5.91 Å². The lowest BCUT2D eigenvalue weighted by Gasteiger charge is -2.35. The van der Waals surface area contributed by atoms with Crippen LogP contribution in [0.2, 0.25) is 0 Å². The lowest BCUT2D eigenvalue weighted by molar-refractivity contribution is -0.139. The number of hydrogen-bond acceptors (Lipinski definition) is 4. The minimum Gasteiger partial charge on any atom is -0.492 e. The smallest absolute Gasteiger partial charge is 0.242 e. The van der Waals surface area contributed by atoms with Gasteiger partial charge in [-0.05, 0) is 25.0 Å². The number of amides is 1. The van der Waals surface area contributed by atoms with Crippen molar-refractivity contribution in [2.75, 3.05) is 33.4 Å². The Morgan fingerprint density at radius 1 is 1.48 bits per heavy atom. The van der Waals surface area contributed by atoms with E-state index in [2.05, 4.69) is 0 Å². The summed E-state index contributed by atoms with van der Waals surface area (Å²) < 4.78 is 23.7. The highest BCUT2D eigenvalue weighted by molar-refractivity contribution is 5.86. The van der Waals surface area contributed by atoms with Gasteiger partial charge in [-0.3, -0.25) is 4.79 Å². The van der Waals surface area contributed by atoms with Crippen LogP contribution in [0.3, 0.4) is 0 Å². The molecule has 0 aliphatic carbocycles. The number of ether oxygens (including phenoxy) is 2. The van der Waals surface area contributed by atoms with Crippen molar-refractivity contribution < 1.29 is 18.7 Å². The van der Waals surface area contributed by atoms with Gasteiger partial charge in [-0.15, -0.1) is 0 Å². The summed E-state index contributed by atoms with van der Waals surface area (Å²) in [6.45, 7) is 1.71. The van der Waals surface area contributed by atoms with E-state index in [1.807, 2.05) is 0 Å². The summed E-state index contributed by atoms with van der Waals surface area (Å²) in [6.07, 6.45) is 1.06. The molecule has 6 heteroatoms. The quantitative estimate of drug-likeness (QED) is 0.886. The lowest BCUT2D eigenvalue weighted by Crippen LogP contribution is -2.57. The molecule has 1 heterocycles. The van der Waals surface area contributed by atoms with Gasteiger partial charge in [0.1, 0.15) is 18.2 Å². The van der Waals surface area contributed by atoms with Gasteiger partial charge >= 0.3 is 0 Å². The summed E-state index contributed by atoms with van der Waals surface area (Å²) in [7, 11) is 1.70. The normalized spacial score (nSPS) is 17.3. The van der Waals surface area contributed by atoms with Crippen molar-refractivity contribution in [2.24, 2.45) is 5.73 Å². The summed E-state index contributed by atoms with van der Waals surface area (Å²) in [5.41, 5.74) is 5.30. The Kier molecular flexibility index (Phi) is 5.14. The summed E-state index contributed by atoms with van der Waals surface area (Å²) in [6, 6.07) is 5.92. The Hall–Kier alpha value is -1.66. The van der Waals surface area contributed by atoms with Gasteiger partial charge in [0.15, 0.2) is 0 Å². The molecular formula is C15H21FN2O3. The Labute approximate surface area is 123 Å². The Bertz CT molecular complexity index is 490. The SMILES string of the molecule is CN(CCOc1cccc(F)c1)C(=O)C1(N)CCOCC1. The topological polar surface area (TPSA) is 64.8 Å². The zero-order valence-corrected chi connectivity index (χ0v) is 12.2. The molecule has 0 atom stereocenters. The van der Waals surface area contributed by atoms with Crippen LogP contribution in [-0.2, 0) is 9.53 Å². The first-order valence-corrected chi connectivity index (χ1v) is 7.02. The average molecular weight is 296 g/mol. The number of rotatable bonds is 5. The average Bonchev–Trinajstić information content (AvgIpc) is 2.47. The fourth-order valence-electron chi connectivity index (χ4n) is 2.29. The third-order valence-electron chi connectivity index (χ3n) is 3.65. The summed E-state index contributed by atoms with van der Waals surface area (Å²) >= 11 is 0. The van der Waals surface area contributed by atoms with Gasteiger partial charge in [0.05, 0.1) is 12.1 Å². The van der Waals surface area contributed by atoms with Gasteiger partial charge in [0.2, 0.25) is 5.91 Å². The lowest BCUT2D eigenvalue weighted by atomic mass is 9.90. The van der Waals surface area contributed by atoms with Crippen LogP contribution >= 0.6 is 0 Å². The van der Waals surface area contributed by atoms with Gasteiger partial charge < -0.3 is 20.1 Å². The molecule has 0 saturated carbocycles. The molecule has 0 spiro atoms. The fraction of sp³-hybridized carbons (Fsp3) is 0.533. The van der Waals surface area contributed by atoms with E-state index in [1.54, 1.807) is 24.1 Å². The van der Waals surface area contributed by atoms with Gasteiger partial charge in [0.25, 0.3) is 0 Å². The van der Waals surface area contributed by atoms with Crippen LogP contribution < -0.4 is 10.5 Å². The standard InChI is InChI=1S/C15H21FN2O3/c1-18(14(19)15(17)5-8-20-9-6-15)7-10-21-13-4-2-3-12(16)11-13/h2-4,11H,5-10,17H2,1H3. The Balaban J connectivity index is 1.81. The minimum absolute atomic E-state index is 0.103. The Morgan fingerprint density at radius 2 is 2.19 bits per heavy atom. The number of halogens is 1. The zero-order chi connectivity index (χ0) is 15.3. The molecule has 1 saturated heterocycles. The molecule has 1 aliphatic heterocycles. The van der Waals surface area contributed by atoms with Crippen LogP contribution in [0.25, 0.3) is 0 Å². The molecule has 1 aliphatic rings. The van der Waals surface area contributed by atoms with Crippen molar-refractivity contribution in [3.05, 3.63) is 30.1 Å². The van der Waals surface area contributed by atoms with E-state index in [9.17, 15) is 9.18 Å². The zero-order valence-electron chi connectivity index (χ0n) is 12.2. The molecule has 0 unspecified atom stereocenters. The molecule has 1 fully saturated rings. The highest BCUT2D eigenvalue weighted by atomic mass is 19.1. The first-order valence-electron chi connectivity index (χ1n) is 7.02. The van der Waals surface area contributed by atoms with E-state index in [-0.39, 0.29) is 18.3 Å². The first kappa shape index (κ1) is 15.7. The molecule has 1 aromatic carbocycles. The van der Waals surface area contributed by atoms with Crippen LogP contribution in [-0.4, -0.2) is 49.8 Å². The number of nitrogens with zero attached hydrogens (tertiary/aromatic N) is 1. The molecular weight excluding hydrogens is 275 g/mol. The molecule has 2 rings (SSSR count). The van der Waals surface area contributed by atoms with Crippen LogP contribution in [0.15, 0.2) is 24.3 Å². The number of benzene rings is 1. The van der Waals surface area contributed by atoms with Gasteiger partial charge in [-0.25, -0.2) is 4.39 Å². The molecule has 1 amide bonds. The van der Waals surface area contributed by atoms with Gasteiger partial charge in [-0.2, -0.15) is 0 Å². The van der Waals surface area contributed by atoms with Gasteiger partial charge in [0, 0.05) is 26.3 Å². The fourth-order valence-corrected chi connectivity index (χ4v) is 2.29. The maximum atomic E-state index is 13.0. The number of likely N-dealkylation sites (N-methyl/N-ethyl adjacent to an activating group) is 1. The second kappa shape index (κ2) is 6.87.